The zero-order valence-corrected chi connectivity index (χ0v) is 14.0. The molecule has 2 fully saturated rings. The van der Waals surface area contributed by atoms with Crippen LogP contribution in [0, 0.1) is 25.2 Å². The maximum atomic E-state index is 9.47. The van der Waals surface area contributed by atoms with Crippen LogP contribution in [0.25, 0.3) is 0 Å². The van der Waals surface area contributed by atoms with Crippen molar-refractivity contribution in [2.75, 3.05) is 18.0 Å². The average Bonchev–Trinajstić information content (AvgIpc) is 3.34. The predicted octanol–water partition coefficient (Wildman–Crippen LogP) is 2.61. The van der Waals surface area contributed by atoms with Crippen molar-refractivity contribution < 1.29 is 4.52 Å². The van der Waals surface area contributed by atoms with Crippen molar-refractivity contribution in [3.8, 4) is 6.07 Å². The molecule has 1 aliphatic carbocycles. The second-order valence-electron chi connectivity index (χ2n) is 6.75. The molecule has 3 heterocycles. The predicted molar refractivity (Wildman–Crippen MR) is 86.7 cm³/mol. The van der Waals surface area contributed by atoms with Gasteiger partial charge in [-0.25, -0.2) is 0 Å². The third-order valence-electron chi connectivity index (χ3n) is 5.09. The first-order valence-corrected chi connectivity index (χ1v) is 8.49. The van der Waals surface area contributed by atoms with Crippen LogP contribution in [0.5, 0.6) is 0 Å². The van der Waals surface area contributed by atoms with Gasteiger partial charge in [0.25, 0.3) is 0 Å². The van der Waals surface area contributed by atoms with Crippen LogP contribution in [0.15, 0.2) is 4.52 Å². The number of anilines is 1. The first-order chi connectivity index (χ1) is 11.7. The molecule has 2 aromatic rings. The quantitative estimate of drug-likeness (QED) is 0.856. The maximum Gasteiger partial charge on any atom is 0.229 e. The van der Waals surface area contributed by atoms with Crippen molar-refractivity contribution in [3.63, 3.8) is 0 Å². The Balaban J connectivity index is 1.48. The van der Waals surface area contributed by atoms with Gasteiger partial charge in [0.05, 0.1) is 5.69 Å². The van der Waals surface area contributed by atoms with Gasteiger partial charge in [0.2, 0.25) is 5.89 Å². The Bertz CT molecular complexity index is 796. The molecule has 0 aromatic carbocycles. The molecule has 0 N–H and O–H groups in total. The molecule has 0 amide bonds. The fourth-order valence-corrected chi connectivity index (χ4v) is 3.21. The molecule has 1 saturated heterocycles. The summed E-state index contributed by atoms with van der Waals surface area (Å²) in [6.45, 7) is 5.46. The highest BCUT2D eigenvalue weighted by Crippen LogP contribution is 2.40. The van der Waals surface area contributed by atoms with Crippen molar-refractivity contribution in [3.05, 3.63) is 28.5 Å². The Kier molecular flexibility index (Phi) is 3.68. The van der Waals surface area contributed by atoms with E-state index >= 15 is 0 Å². The molecular formula is C17H20N6O. The first-order valence-electron chi connectivity index (χ1n) is 8.49. The SMILES string of the molecule is Cc1nnc(N2CCC(c3noc(C4CC4)n3)CC2)c(C#N)c1C. The van der Waals surface area contributed by atoms with Crippen molar-refractivity contribution in [1.29, 1.82) is 5.26 Å². The lowest BCUT2D eigenvalue weighted by atomic mass is 9.95. The van der Waals surface area contributed by atoms with E-state index in [1.54, 1.807) is 0 Å². The van der Waals surface area contributed by atoms with Gasteiger partial charge in [-0.3, -0.25) is 0 Å². The highest BCUT2D eigenvalue weighted by atomic mass is 16.5. The molecule has 124 valence electrons. The summed E-state index contributed by atoms with van der Waals surface area (Å²) in [7, 11) is 0. The van der Waals surface area contributed by atoms with Gasteiger partial charge >= 0.3 is 0 Å². The fraction of sp³-hybridized carbons (Fsp3) is 0.588. The lowest BCUT2D eigenvalue weighted by Crippen LogP contribution is -2.34. The molecule has 0 spiro atoms. The van der Waals surface area contributed by atoms with Crippen molar-refractivity contribution in [1.82, 2.24) is 20.3 Å². The van der Waals surface area contributed by atoms with Gasteiger partial charge in [-0.15, -0.1) is 5.10 Å². The molecule has 7 heteroatoms. The van der Waals surface area contributed by atoms with Crippen LogP contribution in [0.2, 0.25) is 0 Å². The summed E-state index contributed by atoms with van der Waals surface area (Å²) in [6, 6.07) is 2.28. The number of aromatic nitrogens is 4. The molecule has 0 radical (unpaired) electrons. The number of nitriles is 1. The van der Waals surface area contributed by atoms with Gasteiger partial charge in [0, 0.05) is 24.9 Å². The van der Waals surface area contributed by atoms with Crippen LogP contribution >= 0.6 is 0 Å². The third kappa shape index (κ3) is 2.62. The van der Waals surface area contributed by atoms with Crippen molar-refractivity contribution in [2.45, 2.75) is 51.4 Å². The first kappa shape index (κ1) is 15.1. The van der Waals surface area contributed by atoms with Gasteiger partial charge in [-0.1, -0.05) is 5.16 Å². The smallest absolute Gasteiger partial charge is 0.229 e. The number of piperidine rings is 1. The Labute approximate surface area is 140 Å². The molecule has 0 unspecified atom stereocenters. The molecule has 24 heavy (non-hydrogen) atoms. The number of nitrogens with zero attached hydrogens (tertiary/aromatic N) is 6. The summed E-state index contributed by atoms with van der Waals surface area (Å²) in [5.41, 5.74) is 2.36. The number of hydrogen-bond acceptors (Lipinski definition) is 7. The van der Waals surface area contributed by atoms with E-state index in [1.165, 1.54) is 12.8 Å². The fourth-order valence-electron chi connectivity index (χ4n) is 3.21. The Morgan fingerprint density at radius 2 is 1.83 bits per heavy atom. The van der Waals surface area contributed by atoms with Crippen LogP contribution in [-0.4, -0.2) is 33.4 Å². The summed E-state index contributed by atoms with van der Waals surface area (Å²) >= 11 is 0. The molecule has 1 saturated carbocycles. The minimum absolute atomic E-state index is 0.322. The van der Waals surface area contributed by atoms with E-state index in [0.29, 0.717) is 23.2 Å². The number of aryl methyl sites for hydroxylation is 1. The molecule has 4 rings (SSSR count). The molecule has 0 atom stereocenters. The molecule has 7 nitrogen and oxygen atoms in total. The minimum Gasteiger partial charge on any atom is -0.354 e. The summed E-state index contributed by atoms with van der Waals surface area (Å²) in [5.74, 6) is 3.16. The number of hydrogen-bond donors (Lipinski definition) is 0. The van der Waals surface area contributed by atoms with E-state index < -0.39 is 0 Å². The van der Waals surface area contributed by atoms with E-state index in [9.17, 15) is 5.26 Å². The van der Waals surface area contributed by atoms with Crippen molar-refractivity contribution in [2.24, 2.45) is 0 Å². The number of rotatable bonds is 3. The second kappa shape index (κ2) is 5.86. The summed E-state index contributed by atoms with van der Waals surface area (Å²) in [5, 5.41) is 22.1. The van der Waals surface area contributed by atoms with Gasteiger partial charge < -0.3 is 9.42 Å². The zero-order chi connectivity index (χ0) is 16.7. The monoisotopic (exact) mass is 324 g/mol. The highest BCUT2D eigenvalue weighted by Gasteiger charge is 2.32. The van der Waals surface area contributed by atoms with Gasteiger partial charge in [-0.05, 0) is 45.1 Å². The van der Waals surface area contributed by atoms with Crippen LogP contribution in [0.3, 0.4) is 0 Å². The Hall–Kier alpha value is -2.49. The van der Waals surface area contributed by atoms with E-state index in [1.807, 2.05) is 13.8 Å². The normalized spacial score (nSPS) is 18.6. The minimum atomic E-state index is 0.322. The summed E-state index contributed by atoms with van der Waals surface area (Å²) in [4.78, 5) is 6.73. The van der Waals surface area contributed by atoms with Crippen LogP contribution in [-0.2, 0) is 0 Å². The molecule has 0 bridgehead atoms. The topological polar surface area (TPSA) is 91.7 Å². The third-order valence-corrected chi connectivity index (χ3v) is 5.09. The van der Waals surface area contributed by atoms with E-state index in [0.717, 1.165) is 48.9 Å². The lowest BCUT2D eigenvalue weighted by molar-refractivity contribution is 0.364. The van der Waals surface area contributed by atoms with Crippen LogP contribution in [0.1, 0.15) is 66.1 Å². The van der Waals surface area contributed by atoms with Gasteiger partial charge in [-0.2, -0.15) is 15.3 Å². The Morgan fingerprint density at radius 3 is 2.50 bits per heavy atom. The average molecular weight is 324 g/mol. The standard InChI is InChI=1S/C17H20N6O/c1-10-11(2)20-21-16(14(10)9-18)23-7-5-12(6-8-23)15-19-17(24-22-15)13-3-4-13/h12-13H,3-8H2,1-2H3. The van der Waals surface area contributed by atoms with Crippen LogP contribution < -0.4 is 4.90 Å². The lowest BCUT2D eigenvalue weighted by Gasteiger charge is -2.31. The summed E-state index contributed by atoms with van der Waals surface area (Å²) < 4.78 is 5.38. The summed E-state index contributed by atoms with van der Waals surface area (Å²) in [6.07, 6.45) is 4.21. The van der Waals surface area contributed by atoms with E-state index in [-0.39, 0.29) is 0 Å². The van der Waals surface area contributed by atoms with E-state index in [2.05, 4.69) is 31.3 Å². The highest BCUT2D eigenvalue weighted by molar-refractivity contribution is 5.57. The molecule has 1 aliphatic heterocycles. The zero-order valence-electron chi connectivity index (χ0n) is 14.0. The largest absolute Gasteiger partial charge is 0.354 e. The maximum absolute atomic E-state index is 9.47. The molecule has 2 aliphatic rings. The molecule has 2 aromatic heterocycles. The molecular weight excluding hydrogens is 304 g/mol. The van der Waals surface area contributed by atoms with Crippen molar-refractivity contribution >= 4 is 5.82 Å². The van der Waals surface area contributed by atoms with E-state index in [4.69, 9.17) is 4.52 Å². The van der Waals surface area contributed by atoms with Crippen LogP contribution in [0.4, 0.5) is 5.82 Å². The second-order valence-corrected chi connectivity index (χ2v) is 6.75. The van der Waals surface area contributed by atoms with Gasteiger partial charge in [0.1, 0.15) is 11.6 Å². The van der Waals surface area contributed by atoms with Gasteiger partial charge in [0.15, 0.2) is 11.6 Å². The Morgan fingerprint density at radius 1 is 1.08 bits per heavy atom.